The molecule has 2 heterocycles. The highest BCUT2D eigenvalue weighted by Gasteiger charge is 2.20. The van der Waals surface area contributed by atoms with E-state index in [2.05, 4.69) is 20.2 Å². The van der Waals surface area contributed by atoms with E-state index in [4.69, 9.17) is 5.73 Å². The summed E-state index contributed by atoms with van der Waals surface area (Å²) in [4.78, 5) is 24.9. The minimum atomic E-state index is -0.0220. The Morgan fingerprint density at radius 2 is 2.00 bits per heavy atom. The third kappa shape index (κ3) is 5.98. The molecule has 7 nitrogen and oxygen atoms in total. The summed E-state index contributed by atoms with van der Waals surface area (Å²) in [5.74, 6) is 0.443. The number of thiazole rings is 1. The lowest BCUT2D eigenvalue weighted by Gasteiger charge is -2.35. The second kappa shape index (κ2) is 10.1. The molecular formula is C16H27IN6OS. The van der Waals surface area contributed by atoms with Gasteiger partial charge >= 0.3 is 0 Å². The van der Waals surface area contributed by atoms with Crippen LogP contribution in [-0.2, 0) is 4.79 Å². The van der Waals surface area contributed by atoms with Gasteiger partial charge in [-0.1, -0.05) is 19.3 Å². The third-order valence-corrected chi connectivity index (χ3v) is 5.48. The van der Waals surface area contributed by atoms with Crippen LogP contribution in [0.4, 0.5) is 5.13 Å². The zero-order valence-corrected chi connectivity index (χ0v) is 17.5. The van der Waals surface area contributed by atoms with Gasteiger partial charge in [0.1, 0.15) is 6.54 Å². The average Bonchev–Trinajstić information content (AvgIpc) is 3.15. The molecule has 9 heteroatoms. The number of carbonyl (C=O) groups is 1. The molecule has 1 aromatic heterocycles. The van der Waals surface area contributed by atoms with E-state index in [0.717, 1.165) is 44.2 Å². The summed E-state index contributed by atoms with van der Waals surface area (Å²) in [7, 11) is 0. The molecule has 2 fully saturated rings. The average molecular weight is 478 g/mol. The van der Waals surface area contributed by atoms with E-state index in [-0.39, 0.29) is 36.4 Å². The second-order valence-electron chi connectivity index (χ2n) is 6.37. The number of aliphatic imine (C=N–C) groups is 1. The van der Waals surface area contributed by atoms with Crippen LogP contribution < -0.4 is 16.0 Å². The van der Waals surface area contributed by atoms with E-state index in [1.54, 1.807) is 11.3 Å². The predicted octanol–water partition coefficient (Wildman–Crippen LogP) is 1.65. The van der Waals surface area contributed by atoms with Crippen LogP contribution in [0.15, 0.2) is 16.6 Å². The molecular weight excluding hydrogens is 451 g/mol. The summed E-state index contributed by atoms with van der Waals surface area (Å²) < 4.78 is 0. The van der Waals surface area contributed by atoms with Crippen molar-refractivity contribution in [2.24, 2.45) is 10.7 Å². The molecule has 0 spiro atoms. The molecule has 1 aliphatic heterocycles. The van der Waals surface area contributed by atoms with Crippen molar-refractivity contribution in [3.8, 4) is 0 Å². The van der Waals surface area contributed by atoms with Gasteiger partial charge in [0.05, 0.1) is 0 Å². The molecule has 0 bridgehead atoms. The topological polar surface area (TPSA) is 86.8 Å². The first-order chi connectivity index (χ1) is 11.7. The number of halogens is 1. The number of carbonyl (C=O) groups excluding carboxylic acids is 1. The molecule has 1 saturated carbocycles. The molecule has 3 rings (SSSR count). The van der Waals surface area contributed by atoms with Gasteiger partial charge in [0.2, 0.25) is 5.91 Å². The molecule has 1 amide bonds. The van der Waals surface area contributed by atoms with Gasteiger partial charge in [-0.2, -0.15) is 0 Å². The van der Waals surface area contributed by atoms with Crippen LogP contribution >= 0.6 is 35.3 Å². The number of piperazine rings is 1. The fourth-order valence-corrected chi connectivity index (χ4v) is 3.97. The zero-order chi connectivity index (χ0) is 16.8. The van der Waals surface area contributed by atoms with Gasteiger partial charge in [-0.3, -0.25) is 4.79 Å². The normalized spacial score (nSPS) is 19.4. The Hall–Kier alpha value is -1.10. The fraction of sp³-hybridized carbons (Fsp3) is 0.688. The Morgan fingerprint density at radius 1 is 1.28 bits per heavy atom. The number of aromatic nitrogens is 1. The van der Waals surface area contributed by atoms with Gasteiger partial charge in [0, 0.05) is 43.8 Å². The van der Waals surface area contributed by atoms with E-state index >= 15 is 0 Å². The monoisotopic (exact) mass is 478 g/mol. The Labute approximate surface area is 170 Å². The number of anilines is 1. The minimum Gasteiger partial charge on any atom is -0.370 e. The number of nitrogens with two attached hydrogens (primary N) is 1. The van der Waals surface area contributed by atoms with Crippen LogP contribution in [0, 0.1) is 0 Å². The third-order valence-electron chi connectivity index (χ3n) is 4.65. The summed E-state index contributed by atoms with van der Waals surface area (Å²) in [6.45, 7) is 3.48. The maximum Gasteiger partial charge on any atom is 0.242 e. The maximum atomic E-state index is 12.0. The molecule has 0 unspecified atom stereocenters. The Bertz CT molecular complexity index is 553. The highest BCUT2D eigenvalue weighted by molar-refractivity contribution is 14.0. The van der Waals surface area contributed by atoms with E-state index in [1.165, 1.54) is 19.3 Å². The van der Waals surface area contributed by atoms with Crippen molar-refractivity contribution in [1.82, 2.24) is 15.2 Å². The summed E-state index contributed by atoms with van der Waals surface area (Å²) in [6.07, 6.45) is 7.70. The van der Waals surface area contributed by atoms with Crippen molar-refractivity contribution >= 4 is 52.3 Å². The van der Waals surface area contributed by atoms with E-state index in [0.29, 0.717) is 12.0 Å². The van der Waals surface area contributed by atoms with Gasteiger partial charge in [0.15, 0.2) is 11.1 Å². The van der Waals surface area contributed by atoms with Gasteiger partial charge in [0.25, 0.3) is 0 Å². The minimum absolute atomic E-state index is 0. The first-order valence-corrected chi connectivity index (χ1v) is 9.59. The van der Waals surface area contributed by atoms with Crippen LogP contribution in [0.25, 0.3) is 0 Å². The van der Waals surface area contributed by atoms with Gasteiger partial charge in [-0.05, 0) is 12.8 Å². The number of amides is 1. The number of rotatable bonds is 4. The SMILES string of the molecule is I.NC(=NCC(=O)NC1CCCCC1)N1CCN(c2nccs2)CC1. The van der Waals surface area contributed by atoms with Crippen LogP contribution in [0.2, 0.25) is 0 Å². The lowest BCUT2D eigenvalue weighted by Crippen LogP contribution is -2.51. The molecule has 3 N–H and O–H groups in total. The summed E-state index contributed by atoms with van der Waals surface area (Å²) in [5, 5.41) is 6.11. The molecule has 25 heavy (non-hydrogen) atoms. The molecule has 140 valence electrons. The first kappa shape index (κ1) is 20.2. The molecule has 2 aliphatic rings. The number of nitrogens with zero attached hydrogens (tertiary/aromatic N) is 4. The van der Waals surface area contributed by atoms with Gasteiger partial charge in [-0.15, -0.1) is 35.3 Å². The van der Waals surface area contributed by atoms with Crippen LogP contribution in [-0.4, -0.2) is 60.5 Å². The van der Waals surface area contributed by atoms with E-state index in [9.17, 15) is 4.79 Å². The van der Waals surface area contributed by atoms with Crippen molar-refractivity contribution in [1.29, 1.82) is 0 Å². The molecule has 0 atom stereocenters. The van der Waals surface area contributed by atoms with Crippen molar-refractivity contribution in [3.63, 3.8) is 0 Å². The summed E-state index contributed by atoms with van der Waals surface area (Å²) in [6, 6.07) is 0.324. The molecule has 1 aromatic rings. The molecule has 0 radical (unpaired) electrons. The predicted molar refractivity (Wildman–Crippen MR) is 113 cm³/mol. The van der Waals surface area contributed by atoms with Crippen molar-refractivity contribution < 1.29 is 4.79 Å². The number of hydrogen-bond donors (Lipinski definition) is 2. The van der Waals surface area contributed by atoms with Crippen LogP contribution in [0.5, 0.6) is 0 Å². The first-order valence-electron chi connectivity index (χ1n) is 8.71. The summed E-state index contributed by atoms with van der Waals surface area (Å²) >= 11 is 1.65. The molecule has 1 aliphatic carbocycles. The van der Waals surface area contributed by atoms with E-state index in [1.807, 2.05) is 16.5 Å². The standard InChI is InChI=1S/C16H26N6OS.HI/c17-15(19-12-14(23)20-13-4-2-1-3-5-13)21-7-9-22(10-8-21)16-18-6-11-24-16;/h6,11,13H,1-5,7-10,12H2,(H2,17,19)(H,20,23);1H. The largest absolute Gasteiger partial charge is 0.370 e. The summed E-state index contributed by atoms with van der Waals surface area (Å²) in [5.41, 5.74) is 6.06. The number of guanidine groups is 1. The highest BCUT2D eigenvalue weighted by atomic mass is 127. The van der Waals surface area contributed by atoms with Crippen molar-refractivity contribution in [2.45, 2.75) is 38.1 Å². The number of nitrogens with one attached hydrogen (secondary N) is 1. The van der Waals surface area contributed by atoms with Crippen LogP contribution in [0.1, 0.15) is 32.1 Å². The zero-order valence-electron chi connectivity index (χ0n) is 14.4. The van der Waals surface area contributed by atoms with Crippen molar-refractivity contribution in [3.05, 3.63) is 11.6 Å². The highest BCUT2D eigenvalue weighted by Crippen LogP contribution is 2.19. The Morgan fingerprint density at radius 3 is 2.64 bits per heavy atom. The van der Waals surface area contributed by atoms with Crippen molar-refractivity contribution in [2.75, 3.05) is 37.6 Å². The lowest BCUT2D eigenvalue weighted by molar-refractivity contribution is -0.120. The van der Waals surface area contributed by atoms with Crippen LogP contribution in [0.3, 0.4) is 0 Å². The van der Waals surface area contributed by atoms with Gasteiger partial charge in [-0.25, -0.2) is 9.98 Å². The number of hydrogen-bond acceptors (Lipinski definition) is 5. The molecule has 1 saturated heterocycles. The second-order valence-corrected chi connectivity index (χ2v) is 7.24. The van der Waals surface area contributed by atoms with Gasteiger partial charge < -0.3 is 20.9 Å². The van der Waals surface area contributed by atoms with E-state index < -0.39 is 0 Å². The quantitative estimate of drug-likeness (QED) is 0.391. The lowest BCUT2D eigenvalue weighted by atomic mass is 9.95. The smallest absolute Gasteiger partial charge is 0.242 e. The Kier molecular flexibility index (Phi) is 8.20. The Balaban J connectivity index is 0.00000225. The fourth-order valence-electron chi connectivity index (χ4n) is 3.27. The maximum absolute atomic E-state index is 12.0. The molecule has 0 aromatic carbocycles.